The van der Waals surface area contributed by atoms with Crippen LogP contribution in [-0.2, 0) is 17.5 Å². The number of furan rings is 1. The van der Waals surface area contributed by atoms with Gasteiger partial charge in [0.15, 0.2) is 6.10 Å². The van der Waals surface area contributed by atoms with Gasteiger partial charge in [0, 0.05) is 0 Å². The normalized spacial score (nSPS) is 12.7. The summed E-state index contributed by atoms with van der Waals surface area (Å²) in [6.45, 7) is 1.86. The van der Waals surface area contributed by atoms with Crippen LogP contribution < -0.4 is 10.1 Å². The summed E-state index contributed by atoms with van der Waals surface area (Å²) in [5.74, 6) is 0.0354. The maximum atomic E-state index is 12.9. The number of nitrogens with one attached hydrogen (secondary N) is 1. The molecule has 0 aliphatic heterocycles. The highest BCUT2D eigenvalue weighted by Crippen LogP contribution is 2.36. The number of halogens is 4. The number of benzene rings is 1. The molecule has 0 aliphatic carbocycles. The Bertz CT molecular complexity index is 686. The lowest BCUT2D eigenvalue weighted by Gasteiger charge is -2.18. The Morgan fingerprint density at radius 3 is 2.71 bits per heavy atom. The fourth-order valence-electron chi connectivity index (χ4n) is 1.98. The van der Waals surface area contributed by atoms with Crippen LogP contribution in [0.15, 0.2) is 41.0 Å². The largest absolute Gasteiger partial charge is 0.481 e. The minimum atomic E-state index is -4.60. The Morgan fingerprint density at radius 1 is 1.38 bits per heavy atom. The van der Waals surface area contributed by atoms with Crippen LogP contribution in [-0.4, -0.2) is 12.0 Å². The molecule has 1 atom stereocenters. The minimum Gasteiger partial charge on any atom is -0.481 e. The first-order valence-corrected chi connectivity index (χ1v) is 7.52. The highest BCUT2D eigenvalue weighted by molar-refractivity contribution is 6.31. The molecule has 1 amide bonds. The van der Waals surface area contributed by atoms with Crippen molar-refractivity contribution in [2.45, 2.75) is 32.2 Å². The van der Waals surface area contributed by atoms with E-state index in [4.69, 9.17) is 20.8 Å². The van der Waals surface area contributed by atoms with Gasteiger partial charge < -0.3 is 14.5 Å². The standard InChI is InChI=1S/C16H15ClF3NO3/c1-2-14(15(22)21-9-11-4-3-7-23-11)24-10-5-6-13(17)12(8-10)16(18,19)20/h3-8,14H,2,9H2,1H3,(H,21,22). The molecule has 1 heterocycles. The van der Waals surface area contributed by atoms with Crippen molar-refractivity contribution in [2.75, 3.05) is 0 Å². The van der Waals surface area contributed by atoms with Crippen molar-refractivity contribution >= 4 is 17.5 Å². The molecule has 1 N–H and O–H groups in total. The van der Waals surface area contributed by atoms with Crippen LogP contribution in [0.25, 0.3) is 0 Å². The van der Waals surface area contributed by atoms with Crippen LogP contribution in [0, 0.1) is 0 Å². The Hall–Kier alpha value is -2.15. The summed E-state index contributed by atoms with van der Waals surface area (Å²) in [5, 5.41) is 2.18. The van der Waals surface area contributed by atoms with Gasteiger partial charge in [0.1, 0.15) is 11.5 Å². The number of alkyl halides is 3. The lowest BCUT2D eigenvalue weighted by Crippen LogP contribution is -2.37. The fourth-order valence-corrected chi connectivity index (χ4v) is 2.21. The first kappa shape index (κ1) is 18.2. The van der Waals surface area contributed by atoms with Gasteiger partial charge in [-0.3, -0.25) is 4.79 Å². The van der Waals surface area contributed by atoms with Crippen LogP contribution in [0.3, 0.4) is 0 Å². The third-order valence-electron chi connectivity index (χ3n) is 3.20. The zero-order chi connectivity index (χ0) is 17.7. The molecule has 24 heavy (non-hydrogen) atoms. The number of rotatable bonds is 6. The first-order chi connectivity index (χ1) is 11.3. The Balaban J connectivity index is 2.05. The highest BCUT2D eigenvalue weighted by atomic mass is 35.5. The van der Waals surface area contributed by atoms with Crippen LogP contribution in [0.1, 0.15) is 24.7 Å². The second kappa shape index (κ2) is 7.61. The van der Waals surface area contributed by atoms with E-state index in [1.54, 1.807) is 19.1 Å². The summed E-state index contributed by atoms with van der Waals surface area (Å²) in [6.07, 6.45) is -3.77. The van der Waals surface area contributed by atoms with Crippen molar-refractivity contribution in [1.29, 1.82) is 0 Å². The van der Waals surface area contributed by atoms with E-state index in [2.05, 4.69) is 5.32 Å². The minimum absolute atomic E-state index is 0.0771. The molecule has 0 saturated carbocycles. The average molecular weight is 362 g/mol. The van der Waals surface area contributed by atoms with Crippen LogP contribution in [0.2, 0.25) is 5.02 Å². The summed E-state index contributed by atoms with van der Waals surface area (Å²) in [6, 6.07) is 6.54. The zero-order valence-electron chi connectivity index (χ0n) is 12.7. The molecule has 0 saturated heterocycles. The number of carbonyl (C=O) groups excluding carboxylic acids is 1. The number of amides is 1. The monoisotopic (exact) mass is 361 g/mol. The molecule has 0 aliphatic rings. The van der Waals surface area contributed by atoms with E-state index in [1.165, 1.54) is 12.3 Å². The quantitative estimate of drug-likeness (QED) is 0.828. The summed E-state index contributed by atoms with van der Waals surface area (Å²) in [4.78, 5) is 12.1. The number of hydrogen-bond donors (Lipinski definition) is 1. The first-order valence-electron chi connectivity index (χ1n) is 7.14. The number of hydrogen-bond acceptors (Lipinski definition) is 3. The van der Waals surface area contributed by atoms with Gasteiger partial charge in [0.2, 0.25) is 0 Å². The third kappa shape index (κ3) is 4.67. The van der Waals surface area contributed by atoms with Gasteiger partial charge in [-0.25, -0.2) is 0 Å². The predicted molar refractivity (Wildman–Crippen MR) is 81.7 cm³/mol. The molecule has 0 radical (unpaired) electrons. The topological polar surface area (TPSA) is 51.5 Å². The fraction of sp³-hybridized carbons (Fsp3) is 0.312. The molecule has 2 rings (SSSR count). The van der Waals surface area contributed by atoms with E-state index in [-0.39, 0.29) is 18.7 Å². The van der Waals surface area contributed by atoms with Crippen molar-refractivity contribution < 1.29 is 27.1 Å². The molecule has 8 heteroatoms. The number of carbonyl (C=O) groups is 1. The van der Waals surface area contributed by atoms with Crippen molar-refractivity contribution in [1.82, 2.24) is 5.32 Å². The van der Waals surface area contributed by atoms with E-state index >= 15 is 0 Å². The Kier molecular flexibility index (Phi) is 5.77. The lowest BCUT2D eigenvalue weighted by atomic mass is 10.2. The second-order valence-electron chi connectivity index (χ2n) is 4.95. The molecular weight excluding hydrogens is 347 g/mol. The molecule has 1 unspecified atom stereocenters. The summed E-state index contributed by atoms with van der Waals surface area (Å²) in [5.41, 5.74) is -1.01. The summed E-state index contributed by atoms with van der Waals surface area (Å²) < 4.78 is 49.0. The Labute approximate surface area is 141 Å². The molecule has 1 aromatic heterocycles. The molecule has 130 valence electrons. The second-order valence-corrected chi connectivity index (χ2v) is 5.36. The van der Waals surface area contributed by atoms with Crippen molar-refractivity contribution in [3.63, 3.8) is 0 Å². The van der Waals surface area contributed by atoms with E-state index < -0.39 is 28.8 Å². The van der Waals surface area contributed by atoms with Gasteiger partial charge in [0.05, 0.1) is 23.4 Å². The molecule has 4 nitrogen and oxygen atoms in total. The van der Waals surface area contributed by atoms with Gasteiger partial charge in [-0.1, -0.05) is 18.5 Å². The Morgan fingerprint density at radius 2 is 2.12 bits per heavy atom. The van der Waals surface area contributed by atoms with E-state index in [0.717, 1.165) is 12.1 Å². The van der Waals surface area contributed by atoms with Gasteiger partial charge >= 0.3 is 6.18 Å². The number of ether oxygens (including phenoxy) is 1. The van der Waals surface area contributed by atoms with Crippen LogP contribution >= 0.6 is 11.6 Å². The highest BCUT2D eigenvalue weighted by Gasteiger charge is 2.34. The molecule has 0 bridgehead atoms. The lowest BCUT2D eigenvalue weighted by molar-refractivity contribution is -0.137. The summed E-state index contributed by atoms with van der Waals surface area (Å²) in [7, 11) is 0. The predicted octanol–water partition coefficient (Wildman–Crippen LogP) is 4.43. The molecule has 1 aromatic carbocycles. The molecule has 0 fully saturated rings. The van der Waals surface area contributed by atoms with E-state index in [9.17, 15) is 18.0 Å². The maximum Gasteiger partial charge on any atom is 0.417 e. The van der Waals surface area contributed by atoms with Crippen molar-refractivity contribution in [2.24, 2.45) is 0 Å². The van der Waals surface area contributed by atoms with Gasteiger partial charge in [-0.2, -0.15) is 13.2 Å². The van der Waals surface area contributed by atoms with Gasteiger partial charge in [0.25, 0.3) is 5.91 Å². The maximum absolute atomic E-state index is 12.9. The van der Waals surface area contributed by atoms with Crippen molar-refractivity contribution in [3.05, 3.63) is 52.9 Å². The van der Waals surface area contributed by atoms with Gasteiger partial charge in [-0.05, 0) is 36.8 Å². The van der Waals surface area contributed by atoms with Crippen molar-refractivity contribution in [3.8, 4) is 5.75 Å². The van der Waals surface area contributed by atoms with Crippen LogP contribution in [0.4, 0.5) is 13.2 Å². The SMILES string of the molecule is CCC(Oc1ccc(Cl)c(C(F)(F)F)c1)C(=O)NCc1ccco1. The third-order valence-corrected chi connectivity index (χ3v) is 3.53. The van der Waals surface area contributed by atoms with E-state index in [1.807, 2.05) is 0 Å². The van der Waals surface area contributed by atoms with Gasteiger partial charge in [-0.15, -0.1) is 0 Å². The smallest absolute Gasteiger partial charge is 0.417 e. The average Bonchev–Trinajstić information content (AvgIpc) is 3.04. The molecular formula is C16H15ClF3NO3. The molecule has 2 aromatic rings. The molecule has 0 spiro atoms. The van der Waals surface area contributed by atoms with Crippen LogP contribution in [0.5, 0.6) is 5.75 Å². The zero-order valence-corrected chi connectivity index (χ0v) is 13.4. The van der Waals surface area contributed by atoms with E-state index in [0.29, 0.717) is 5.76 Å². The summed E-state index contributed by atoms with van der Waals surface area (Å²) >= 11 is 5.56.